The maximum absolute atomic E-state index is 13.1. The molecule has 2 bridgehead atoms. The van der Waals surface area contributed by atoms with Crippen molar-refractivity contribution in [2.75, 3.05) is 37.6 Å². The van der Waals surface area contributed by atoms with Crippen molar-refractivity contribution in [2.45, 2.75) is 63.6 Å². The maximum Gasteiger partial charge on any atom is 0.320 e. The van der Waals surface area contributed by atoms with Gasteiger partial charge in [-0.25, -0.2) is 9.78 Å². The number of fused-ring (bicyclic) bond motifs is 3. The molecule has 5 aliphatic rings. The fourth-order valence-corrected chi connectivity index (χ4v) is 7.20. The van der Waals surface area contributed by atoms with Crippen molar-refractivity contribution in [3.63, 3.8) is 0 Å². The smallest absolute Gasteiger partial charge is 0.320 e. The van der Waals surface area contributed by atoms with Gasteiger partial charge in [0, 0.05) is 56.1 Å². The molecular formula is C20H29N5OS. The lowest BCUT2D eigenvalue weighted by Crippen LogP contribution is -2.51. The summed E-state index contributed by atoms with van der Waals surface area (Å²) in [7, 11) is 0. The second-order valence-corrected chi connectivity index (χ2v) is 10.4. The number of nitrogens with one attached hydrogen (secondary N) is 1. The quantitative estimate of drug-likeness (QED) is 0.804. The van der Waals surface area contributed by atoms with E-state index < -0.39 is 0 Å². The molecule has 1 aromatic rings. The van der Waals surface area contributed by atoms with E-state index in [2.05, 4.69) is 20.0 Å². The number of hydrogen-bond donors (Lipinski definition) is 1. The molecule has 1 spiro atoms. The standard InChI is InChI=1S/C20H29N5OS/c26-19(24-9-7-20(13-24)5-1-6-20)23-8-4-16-17(12-23)27-18(22-16)25-14-2-3-15(25)11-21-10-14/h14-15,21H,1-13H2. The Hall–Kier alpha value is -1.34. The number of nitrogens with zero attached hydrogens (tertiary/aromatic N) is 4. The minimum absolute atomic E-state index is 0.265. The van der Waals surface area contributed by atoms with Crippen LogP contribution < -0.4 is 10.2 Å². The zero-order chi connectivity index (χ0) is 18.0. The molecule has 27 heavy (non-hydrogen) atoms. The summed E-state index contributed by atoms with van der Waals surface area (Å²) in [5.41, 5.74) is 1.73. The number of carbonyl (C=O) groups excluding carboxylic acids is 1. The summed E-state index contributed by atoms with van der Waals surface area (Å²) >= 11 is 1.84. The molecule has 1 N–H and O–H groups in total. The van der Waals surface area contributed by atoms with Crippen LogP contribution in [0.15, 0.2) is 0 Å². The van der Waals surface area contributed by atoms with Crippen LogP contribution >= 0.6 is 11.3 Å². The number of aromatic nitrogens is 1. The van der Waals surface area contributed by atoms with Crippen LogP contribution in [0.25, 0.3) is 0 Å². The fraction of sp³-hybridized carbons (Fsp3) is 0.800. The molecule has 6 rings (SSSR count). The zero-order valence-corrected chi connectivity index (χ0v) is 16.8. The lowest BCUT2D eigenvalue weighted by molar-refractivity contribution is 0.124. The van der Waals surface area contributed by atoms with Crippen molar-refractivity contribution in [3.8, 4) is 0 Å². The summed E-state index contributed by atoms with van der Waals surface area (Å²) in [6, 6.07) is 1.48. The van der Waals surface area contributed by atoms with Gasteiger partial charge in [0.05, 0.1) is 12.2 Å². The Morgan fingerprint density at radius 1 is 1.11 bits per heavy atom. The second-order valence-electron chi connectivity index (χ2n) is 9.30. The Morgan fingerprint density at radius 2 is 1.93 bits per heavy atom. The molecule has 2 atom stereocenters. The topological polar surface area (TPSA) is 51.7 Å². The van der Waals surface area contributed by atoms with E-state index in [1.807, 2.05) is 11.3 Å². The van der Waals surface area contributed by atoms with E-state index in [4.69, 9.17) is 4.98 Å². The number of anilines is 1. The lowest BCUT2D eigenvalue weighted by atomic mass is 9.68. The van der Waals surface area contributed by atoms with Crippen LogP contribution in [0.5, 0.6) is 0 Å². The van der Waals surface area contributed by atoms with E-state index in [1.165, 1.54) is 54.2 Å². The van der Waals surface area contributed by atoms with Crippen molar-refractivity contribution in [3.05, 3.63) is 10.6 Å². The van der Waals surface area contributed by atoms with E-state index in [-0.39, 0.29) is 6.03 Å². The van der Waals surface area contributed by atoms with Gasteiger partial charge in [-0.05, 0) is 37.5 Å². The highest BCUT2D eigenvalue weighted by atomic mass is 32.1. The van der Waals surface area contributed by atoms with Gasteiger partial charge in [0.2, 0.25) is 0 Å². The van der Waals surface area contributed by atoms with Crippen molar-refractivity contribution >= 4 is 22.5 Å². The number of hydrogen-bond acceptors (Lipinski definition) is 5. The van der Waals surface area contributed by atoms with Crippen LogP contribution in [0.4, 0.5) is 9.93 Å². The third-order valence-corrected chi connectivity index (χ3v) is 8.81. The fourth-order valence-electron chi connectivity index (χ4n) is 5.93. The van der Waals surface area contributed by atoms with Gasteiger partial charge in [0.1, 0.15) is 0 Å². The molecule has 1 aromatic heterocycles. The van der Waals surface area contributed by atoms with E-state index in [9.17, 15) is 4.79 Å². The minimum atomic E-state index is 0.265. The highest BCUT2D eigenvalue weighted by molar-refractivity contribution is 7.15. The average molecular weight is 388 g/mol. The van der Waals surface area contributed by atoms with Gasteiger partial charge in [0.15, 0.2) is 5.13 Å². The Morgan fingerprint density at radius 3 is 2.63 bits per heavy atom. The molecule has 3 saturated heterocycles. The Balaban J connectivity index is 1.17. The molecule has 6 nitrogen and oxygen atoms in total. The third-order valence-electron chi connectivity index (χ3n) is 7.71. The largest absolute Gasteiger partial charge is 0.340 e. The van der Waals surface area contributed by atoms with Crippen molar-refractivity contribution in [1.82, 2.24) is 20.1 Å². The van der Waals surface area contributed by atoms with Crippen LogP contribution in [0.1, 0.15) is 49.1 Å². The lowest BCUT2D eigenvalue weighted by Gasteiger charge is -2.38. The molecule has 7 heteroatoms. The van der Waals surface area contributed by atoms with Gasteiger partial charge in [-0.1, -0.05) is 17.8 Å². The third kappa shape index (κ3) is 2.61. The van der Waals surface area contributed by atoms with Gasteiger partial charge in [0.25, 0.3) is 0 Å². The Bertz CT molecular complexity index is 744. The molecule has 5 heterocycles. The van der Waals surface area contributed by atoms with Gasteiger partial charge in [-0.2, -0.15) is 0 Å². The van der Waals surface area contributed by atoms with E-state index in [1.54, 1.807) is 0 Å². The van der Waals surface area contributed by atoms with Gasteiger partial charge in [-0.15, -0.1) is 0 Å². The van der Waals surface area contributed by atoms with Crippen LogP contribution in [-0.4, -0.2) is 65.6 Å². The predicted molar refractivity (Wildman–Crippen MR) is 106 cm³/mol. The minimum Gasteiger partial charge on any atom is -0.340 e. The van der Waals surface area contributed by atoms with Gasteiger partial charge >= 0.3 is 6.03 Å². The number of thiazole rings is 1. The number of carbonyl (C=O) groups is 1. The molecule has 4 fully saturated rings. The van der Waals surface area contributed by atoms with E-state index >= 15 is 0 Å². The normalized spacial score (nSPS) is 31.3. The molecule has 2 unspecified atom stereocenters. The highest BCUT2D eigenvalue weighted by Crippen LogP contribution is 2.48. The summed E-state index contributed by atoms with van der Waals surface area (Å²) in [6.45, 7) is 5.71. The van der Waals surface area contributed by atoms with Crippen LogP contribution in [0.3, 0.4) is 0 Å². The molecular weight excluding hydrogens is 358 g/mol. The SMILES string of the molecule is O=C(N1CCc2nc(N3C4CCC3CNC4)sc2C1)N1CCC2(CCC2)C1. The van der Waals surface area contributed by atoms with E-state index in [0.717, 1.165) is 45.7 Å². The molecule has 1 aliphatic carbocycles. The summed E-state index contributed by atoms with van der Waals surface area (Å²) in [4.78, 5) is 26.2. The Labute approximate surface area is 164 Å². The zero-order valence-electron chi connectivity index (χ0n) is 16.0. The first-order valence-corrected chi connectivity index (χ1v) is 11.5. The molecule has 0 radical (unpaired) electrons. The summed E-state index contributed by atoms with van der Waals surface area (Å²) in [5, 5.41) is 4.76. The van der Waals surface area contributed by atoms with E-state index in [0.29, 0.717) is 17.5 Å². The Kier molecular flexibility index (Phi) is 3.74. The second kappa shape index (κ2) is 6.08. The first-order chi connectivity index (χ1) is 13.2. The summed E-state index contributed by atoms with van der Waals surface area (Å²) in [6.07, 6.45) is 8.70. The summed E-state index contributed by atoms with van der Waals surface area (Å²) in [5.74, 6) is 0. The number of amides is 2. The monoisotopic (exact) mass is 387 g/mol. The number of rotatable bonds is 1. The van der Waals surface area contributed by atoms with Gasteiger partial charge in [-0.3, -0.25) is 0 Å². The maximum atomic E-state index is 13.1. The molecule has 1 saturated carbocycles. The van der Waals surface area contributed by atoms with Crippen LogP contribution in [-0.2, 0) is 13.0 Å². The average Bonchev–Trinajstić information content (AvgIpc) is 3.34. The first-order valence-electron chi connectivity index (χ1n) is 10.7. The van der Waals surface area contributed by atoms with Crippen molar-refractivity contribution < 1.29 is 4.79 Å². The van der Waals surface area contributed by atoms with Crippen LogP contribution in [0.2, 0.25) is 0 Å². The molecule has 4 aliphatic heterocycles. The van der Waals surface area contributed by atoms with Crippen molar-refractivity contribution in [2.24, 2.45) is 5.41 Å². The first kappa shape index (κ1) is 16.6. The number of urea groups is 1. The van der Waals surface area contributed by atoms with Crippen LogP contribution in [0, 0.1) is 5.41 Å². The number of piperazine rings is 1. The van der Waals surface area contributed by atoms with Crippen molar-refractivity contribution in [1.29, 1.82) is 0 Å². The number of likely N-dealkylation sites (tertiary alicyclic amines) is 1. The molecule has 2 amide bonds. The van der Waals surface area contributed by atoms with Gasteiger partial charge < -0.3 is 20.0 Å². The molecule has 0 aromatic carbocycles. The summed E-state index contributed by atoms with van der Waals surface area (Å²) < 4.78 is 0. The molecule has 146 valence electrons. The highest BCUT2D eigenvalue weighted by Gasteiger charge is 2.45. The predicted octanol–water partition coefficient (Wildman–Crippen LogP) is 2.44.